The van der Waals surface area contributed by atoms with Crippen LogP contribution >= 0.6 is 0 Å². The lowest BCUT2D eigenvalue weighted by Gasteiger charge is -2.14. The van der Waals surface area contributed by atoms with E-state index < -0.39 is 29.0 Å². The highest BCUT2D eigenvalue weighted by molar-refractivity contribution is 5.88. The molecule has 0 fully saturated rings. The predicted molar refractivity (Wildman–Crippen MR) is 86.9 cm³/mol. The van der Waals surface area contributed by atoms with Gasteiger partial charge in [-0.1, -0.05) is 0 Å². The van der Waals surface area contributed by atoms with Crippen molar-refractivity contribution < 1.29 is 34.7 Å². The number of phenols is 4. The summed E-state index contributed by atoms with van der Waals surface area (Å²) in [6.45, 7) is 1.28. The van der Waals surface area contributed by atoms with Gasteiger partial charge in [0.15, 0.2) is 23.5 Å². The van der Waals surface area contributed by atoms with Crippen molar-refractivity contribution in [1.29, 1.82) is 0 Å². The van der Waals surface area contributed by atoms with E-state index in [0.717, 1.165) is 18.2 Å². The van der Waals surface area contributed by atoms with Crippen LogP contribution in [0.2, 0.25) is 0 Å². The van der Waals surface area contributed by atoms with Crippen LogP contribution in [0.15, 0.2) is 39.5 Å². The number of rotatable bonds is 3. The molecule has 8 heteroatoms. The van der Waals surface area contributed by atoms with Gasteiger partial charge in [-0.3, -0.25) is 4.79 Å². The van der Waals surface area contributed by atoms with E-state index in [-0.39, 0.29) is 33.8 Å². The lowest BCUT2D eigenvalue weighted by Crippen LogP contribution is -2.17. The fourth-order valence-corrected chi connectivity index (χ4v) is 2.40. The van der Waals surface area contributed by atoms with Crippen molar-refractivity contribution in [2.24, 2.45) is 0 Å². The number of ether oxygens (including phenoxy) is 1. The lowest BCUT2D eigenvalue weighted by molar-refractivity contribution is -0.00162. The van der Waals surface area contributed by atoms with Crippen molar-refractivity contribution in [3.8, 4) is 40.1 Å². The third kappa shape index (κ3) is 2.90. The number of phenolic OH excluding ortho intramolecular Hbond substituents is 4. The second-order valence-electron chi connectivity index (χ2n) is 5.35. The van der Waals surface area contributed by atoms with Crippen LogP contribution in [0.25, 0.3) is 22.3 Å². The minimum absolute atomic E-state index is 0.122. The van der Waals surface area contributed by atoms with Gasteiger partial charge in [-0.15, -0.1) is 0 Å². The van der Waals surface area contributed by atoms with Gasteiger partial charge in [-0.05, 0) is 25.1 Å². The first kappa shape index (κ1) is 16.5. The van der Waals surface area contributed by atoms with Crippen LogP contribution in [-0.4, -0.2) is 31.8 Å². The highest BCUT2D eigenvalue weighted by atomic mass is 16.6. The van der Waals surface area contributed by atoms with Crippen LogP contribution < -0.4 is 10.2 Å². The molecule has 0 aliphatic heterocycles. The zero-order valence-corrected chi connectivity index (χ0v) is 12.9. The minimum atomic E-state index is -1.36. The Bertz CT molecular complexity index is 1020. The van der Waals surface area contributed by atoms with Crippen LogP contribution in [0.4, 0.5) is 0 Å². The summed E-state index contributed by atoms with van der Waals surface area (Å²) in [5.41, 5.74) is -0.724. The summed E-state index contributed by atoms with van der Waals surface area (Å²) in [6, 6.07) is 5.78. The Morgan fingerprint density at radius 3 is 2.36 bits per heavy atom. The standard InChI is InChI=1S/C17H14O8/c1-7(18)24-17-15(23)14-12(22)5-9(19)6-13(14)25-16(17)8-2-3-10(20)11(21)4-8/h2-7,18-22H,1H3. The molecule has 0 radical (unpaired) electrons. The number of hydrogen-bond donors (Lipinski definition) is 5. The van der Waals surface area contributed by atoms with E-state index in [1.165, 1.54) is 19.1 Å². The average Bonchev–Trinajstić information content (AvgIpc) is 2.51. The molecule has 2 aromatic carbocycles. The summed E-state index contributed by atoms with van der Waals surface area (Å²) in [6.07, 6.45) is -1.36. The summed E-state index contributed by atoms with van der Waals surface area (Å²) in [4.78, 5) is 12.7. The number of benzene rings is 2. The Balaban J connectivity index is 2.39. The van der Waals surface area contributed by atoms with E-state index in [4.69, 9.17) is 9.15 Å². The zero-order chi connectivity index (χ0) is 18.3. The van der Waals surface area contributed by atoms with E-state index in [9.17, 15) is 30.3 Å². The van der Waals surface area contributed by atoms with Gasteiger partial charge >= 0.3 is 0 Å². The van der Waals surface area contributed by atoms with Crippen LogP contribution in [0, 0.1) is 0 Å². The first-order valence-electron chi connectivity index (χ1n) is 7.17. The summed E-state index contributed by atoms with van der Waals surface area (Å²) < 4.78 is 10.7. The Morgan fingerprint density at radius 1 is 1.00 bits per heavy atom. The largest absolute Gasteiger partial charge is 0.508 e. The van der Waals surface area contributed by atoms with Crippen molar-refractivity contribution in [3.05, 3.63) is 40.6 Å². The molecule has 0 bridgehead atoms. The predicted octanol–water partition coefficient (Wildman–Crippen LogP) is 2.00. The van der Waals surface area contributed by atoms with Crippen molar-refractivity contribution in [3.63, 3.8) is 0 Å². The fraction of sp³-hybridized carbons (Fsp3) is 0.118. The maximum Gasteiger partial charge on any atom is 0.239 e. The Kier molecular flexibility index (Phi) is 3.90. The molecular formula is C17H14O8. The van der Waals surface area contributed by atoms with Crippen LogP contribution in [0.3, 0.4) is 0 Å². The molecule has 1 unspecified atom stereocenters. The average molecular weight is 346 g/mol. The molecule has 25 heavy (non-hydrogen) atoms. The van der Waals surface area contributed by atoms with E-state index in [2.05, 4.69) is 0 Å². The van der Waals surface area contributed by atoms with Crippen molar-refractivity contribution >= 4 is 11.0 Å². The fourth-order valence-electron chi connectivity index (χ4n) is 2.40. The molecule has 3 aromatic rings. The second kappa shape index (κ2) is 5.91. The second-order valence-corrected chi connectivity index (χ2v) is 5.35. The molecular weight excluding hydrogens is 332 g/mol. The Morgan fingerprint density at radius 2 is 1.72 bits per heavy atom. The van der Waals surface area contributed by atoms with Gasteiger partial charge in [0.05, 0.1) is 0 Å². The molecule has 1 atom stereocenters. The molecule has 3 rings (SSSR count). The van der Waals surface area contributed by atoms with E-state index >= 15 is 0 Å². The van der Waals surface area contributed by atoms with Crippen molar-refractivity contribution in [2.75, 3.05) is 0 Å². The van der Waals surface area contributed by atoms with Gasteiger partial charge in [0.1, 0.15) is 22.5 Å². The molecule has 0 amide bonds. The van der Waals surface area contributed by atoms with Crippen LogP contribution in [0.1, 0.15) is 6.92 Å². The molecule has 0 aliphatic carbocycles. The molecule has 130 valence electrons. The van der Waals surface area contributed by atoms with E-state index in [0.29, 0.717) is 0 Å². The maximum atomic E-state index is 12.7. The summed E-state index contributed by atoms with van der Waals surface area (Å²) in [5.74, 6) is -2.22. The summed E-state index contributed by atoms with van der Waals surface area (Å²) in [7, 11) is 0. The van der Waals surface area contributed by atoms with Gasteiger partial charge in [0.2, 0.25) is 11.2 Å². The quantitative estimate of drug-likeness (QED) is 0.358. The third-order valence-electron chi connectivity index (χ3n) is 3.44. The van der Waals surface area contributed by atoms with Crippen LogP contribution in [0.5, 0.6) is 28.7 Å². The molecule has 8 nitrogen and oxygen atoms in total. The molecule has 1 heterocycles. The Labute approximate surface area is 140 Å². The van der Waals surface area contributed by atoms with Crippen molar-refractivity contribution in [1.82, 2.24) is 0 Å². The van der Waals surface area contributed by atoms with E-state index in [1.54, 1.807) is 0 Å². The summed E-state index contributed by atoms with van der Waals surface area (Å²) >= 11 is 0. The first-order valence-corrected chi connectivity index (χ1v) is 7.17. The monoisotopic (exact) mass is 346 g/mol. The lowest BCUT2D eigenvalue weighted by atomic mass is 10.1. The topological polar surface area (TPSA) is 141 Å². The molecule has 0 spiro atoms. The Hall–Kier alpha value is -3.39. The highest BCUT2D eigenvalue weighted by Crippen LogP contribution is 2.38. The number of aliphatic hydroxyl groups excluding tert-OH is 1. The molecule has 0 saturated heterocycles. The van der Waals surface area contributed by atoms with Gasteiger partial charge in [0.25, 0.3) is 0 Å². The summed E-state index contributed by atoms with van der Waals surface area (Å²) in [5, 5.41) is 47.9. The smallest absolute Gasteiger partial charge is 0.239 e. The third-order valence-corrected chi connectivity index (χ3v) is 3.44. The maximum absolute atomic E-state index is 12.7. The van der Waals surface area contributed by atoms with Gasteiger partial charge in [-0.25, -0.2) is 0 Å². The van der Waals surface area contributed by atoms with Gasteiger partial charge in [-0.2, -0.15) is 0 Å². The molecule has 5 N–H and O–H groups in total. The normalized spacial score (nSPS) is 12.2. The molecule has 1 aromatic heterocycles. The SMILES string of the molecule is CC(O)Oc1c(-c2ccc(O)c(O)c2)oc2cc(O)cc(O)c2c1=O. The highest BCUT2D eigenvalue weighted by Gasteiger charge is 2.22. The first-order chi connectivity index (χ1) is 11.8. The minimum Gasteiger partial charge on any atom is -0.508 e. The van der Waals surface area contributed by atoms with Crippen LogP contribution in [-0.2, 0) is 0 Å². The van der Waals surface area contributed by atoms with Gasteiger partial charge < -0.3 is 34.7 Å². The molecule has 0 aliphatic rings. The zero-order valence-electron chi connectivity index (χ0n) is 12.9. The van der Waals surface area contributed by atoms with Crippen molar-refractivity contribution in [2.45, 2.75) is 13.2 Å². The van der Waals surface area contributed by atoms with Gasteiger partial charge in [0, 0.05) is 17.7 Å². The van der Waals surface area contributed by atoms with E-state index in [1.807, 2.05) is 0 Å². The number of hydrogen-bond acceptors (Lipinski definition) is 8. The number of fused-ring (bicyclic) bond motifs is 1. The number of aliphatic hydroxyl groups is 1. The molecule has 0 saturated carbocycles. The number of aromatic hydroxyl groups is 4.